The van der Waals surface area contributed by atoms with Crippen molar-refractivity contribution in [2.24, 2.45) is 17.8 Å². The number of carbonyl (C=O) groups is 4. The minimum Gasteiger partial charge on any atom is -0.379 e. The monoisotopic (exact) mass is 533 g/mol. The number of piperidine rings is 1. The number of thiazole rings is 1. The van der Waals surface area contributed by atoms with Gasteiger partial charge in [-0.3, -0.25) is 24.5 Å². The van der Waals surface area contributed by atoms with E-state index in [1.54, 1.807) is 11.0 Å². The van der Waals surface area contributed by atoms with Gasteiger partial charge < -0.3 is 15.5 Å². The van der Waals surface area contributed by atoms with Crippen LogP contribution in [0.4, 0.5) is 5.69 Å². The molecule has 3 N–H and O–H groups in total. The molecule has 0 radical (unpaired) electrons. The van der Waals surface area contributed by atoms with Gasteiger partial charge in [-0.25, -0.2) is 4.98 Å². The van der Waals surface area contributed by atoms with Crippen LogP contribution < -0.4 is 16.0 Å². The van der Waals surface area contributed by atoms with Crippen molar-refractivity contribution in [2.45, 2.75) is 76.0 Å². The maximum Gasteiger partial charge on any atom is 0.280 e. The average Bonchev–Trinajstić information content (AvgIpc) is 3.47. The van der Waals surface area contributed by atoms with E-state index in [9.17, 15) is 19.2 Å². The van der Waals surface area contributed by atoms with Gasteiger partial charge in [0.25, 0.3) is 11.8 Å². The second kappa shape index (κ2) is 8.90. The van der Waals surface area contributed by atoms with E-state index in [-0.39, 0.29) is 29.7 Å². The number of hydrogen-bond donors (Lipinski definition) is 3. The van der Waals surface area contributed by atoms with Crippen LogP contribution in [-0.2, 0) is 22.7 Å². The highest BCUT2D eigenvalue weighted by molar-refractivity contribution is 7.11. The second-order valence-electron chi connectivity index (χ2n) is 11.9. The van der Waals surface area contributed by atoms with Crippen molar-refractivity contribution in [3.8, 4) is 0 Å². The molecule has 1 aromatic heterocycles. The summed E-state index contributed by atoms with van der Waals surface area (Å²) in [5, 5.41) is 11.5. The maximum absolute atomic E-state index is 13.2. The number of rotatable bonds is 6. The lowest BCUT2D eigenvalue weighted by atomic mass is 9.53. The highest BCUT2D eigenvalue weighted by Crippen LogP contribution is 2.55. The molecular formula is C28H31N5O4S. The summed E-state index contributed by atoms with van der Waals surface area (Å²) in [6, 6.07) is 4.85. The molecule has 4 amide bonds. The molecule has 3 heterocycles. The average molecular weight is 534 g/mol. The number of imide groups is 1. The van der Waals surface area contributed by atoms with Crippen LogP contribution in [0.2, 0.25) is 0 Å². The van der Waals surface area contributed by atoms with Gasteiger partial charge in [0.2, 0.25) is 11.8 Å². The molecule has 4 saturated carbocycles. The van der Waals surface area contributed by atoms with Crippen LogP contribution in [0, 0.1) is 17.8 Å². The predicted molar refractivity (Wildman–Crippen MR) is 140 cm³/mol. The SMILES string of the molecule is O=C1CCC(N2Cc3c(NCc4csc(C(=O)NC56CC7CC(CC(C7)C5)C6)n4)cccc3C2=O)C(=O)N1. The van der Waals surface area contributed by atoms with E-state index in [2.05, 4.69) is 20.9 Å². The molecule has 2 aromatic rings. The molecule has 1 unspecified atom stereocenters. The molecule has 1 atom stereocenters. The van der Waals surface area contributed by atoms with Crippen LogP contribution in [0.5, 0.6) is 0 Å². The Bertz CT molecular complexity index is 1320. The number of nitrogens with one attached hydrogen (secondary N) is 3. The molecule has 1 aromatic carbocycles. The number of carbonyl (C=O) groups excluding carboxylic acids is 4. The summed E-state index contributed by atoms with van der Waals surface area (Å²) in [6.45, 7) is 0.726. The summed E-state index contributed by atoms with van der Waals surface area (Å²) in [7, 11) is 0. The lowest BCUT2D eigenvalue weighted by Gasteiger charge is -2.56. The number of fused-ring (bicyclic) bond motifs is 1. The van der Waals surface area contributed by atoms with E-state index in [0.29, 0.717) is 30.1 Å². The van der Waals surface area contributed by atoms with Crippen molar-refractivity contribution in [1.29, 1.82) is 0 Å². The predicted octanol–water partition coefficient (Wildman–Crippen LogP) is 3.21. The van der Waals surface area contributed by atoms with E-state index < -0.39 is 11.9 Å². The van der Waals surface area contributed by atoms with Crippen molar-refractivity contribution in [3.63, 3.8) is 0 Å². The van der Waals surface area contributed by atoms with Crippen molar-refractivity contribution in [3.05, 3.63) is 45.4 Å². The Morgan fingerprint density at radius 2 is 1.84 bits per heavy atom. The summed E-state index contributed by atoms with van der Waals surface area (Å²) in [4.78, 5) is 56.3. The third-order valence-electron chi connectivity index (χ3n) is 9.20. The van der Waals surface area contributed by atoms with E-state index >= 15 is 0 Å². The molecule has 4 bridgehead atoms. The highest BCUT2D eigenvalue weighted by atomic mass is 32.1. The molecule has 38 heavy (non-hydrogen) atoms. The van der Waals surface area contributed by atoms with Crippen molar-refractivity contribution in [1.82, 2.24) is 20.5 Å². The first kappa shape index (κ1) is 23.8. The summed E-state index contributed by atoms with van der Waals surface area (Å²) >= 11 is 1.37. The van der Waals surface area contributed by atoms with E-state index in [0.717, 1.165) is 54.0 Å². The largest absolute Gasteiger partial charge is 0.379 e. The van der Waals surface area contributed by atoms with E-state index in [4.69, 9.17) is 0 Å². The van der Waals surface area contributed by atoms with Crippen LogP contribution in [-0.4, -0.2) is 45.1 Å². The lowest BCUT2D eigenvalue weighted by Crippen LogP contribution is -2.59. The molecule has 1 saturated heterocycles. The summed E-state index contributed by atoms with van der Waals surface area (Å²) in [5.41, 5.74) is 2.93. The first-order chi connectivity index (χ1) is 18.4. The van der Waals surface area contributed by atoms with Gasteiger partial charge in [-0.05, 0) is 74.8 Å². The zero-order valence-corrected chi connectivity index (χ0v) is 21.9. The normalized spacial score (nSPS) is 31.4. The van der Waals surface area contributed by atoms with Gasteiger partial charge >= 0.3 is 0 Å². The van der Waals surface area contributed by atoms with Crippen molar-refractivity contribution in [2.75, 3.05) is 5.32 Å². The van der Waals surface area contributed by atoms with Crippen molar-refractivity contribution < 1.29 is 19.2 Å². The third kappa shape index (κ3) is 4.09. The lowest BCUT2D eigenvalue weighted by molar-refractivity contribution is -0.136. The topological polar surface area (TPSA) is 120 Å². The first-order valence-corrected chi connectivity index (χ1v) is 14.5. The molecule has 8 rings (SSSR count). The Balaban J connectivity index is 1.01. The molecule has 0 spiro atoms. The quantitative estimate of drug-likeness (QED) is 0.491. The van der Waals surface area contributed by atoms with Crippen LogP contribution in [0.1, 0.15) is 82.8 Å². The standard InChI is InChI=1S/C28H31N5O4S/c34-23-5-4-22(24(35)31-23)33-13-20-19(27(33)37)2-1-3-21(20)29-12-18-14-38-26(30-18)25(36)32-28-9-15-6-16(10-28)8-17(7-15)11-28/h1-3,14-17,22,29H,4-13H2,(H,32,36)(H,31,34,35). The number of amides is 4. The van der Waals surface area contributed by atoms with Gasteiger partial charge in [0.05, 0.1) is 12.2 Å². The fourth-order valence-electron chi connectivity index (χ4n) is 7.99. The molecule has 4 aliphatic carbocycles. The smallest absolute Gasteiger partial charge is 0.280 e. The molecule has 10 heteroatoms. The number of benzene rings is 1. The molecule has 5 fully saturated rings. The highest BCUT2D eigenvalue weighted by Gasteiger charge is 2.51. The second-order valence-corrected chi connectivity index (χ2v) is 12.7. The fraction of sp³-hybridized carbons (Fsp3) is 0.536. The maximum atomic E-state index is 13.2. The first-order valence-electron chi connectivity index (χ1n) is 13.6. The van der Waals surface area contributed by atoms with Crippen LogP contribution >= 0.6 is 11.3 Å². The summed E-state index contributed by atoms with van der Waals surface area (Å²) < 4.78 is 0. The van der Waals surface area contributed by atoms with Gasteiger partial charge in [0, 0.05) is 40.7 Å². The van der Waals surface area contributed by atoms with Gasteiger partial charge in [-0.15, -0.1) is 11.3 Å². The number of aromatic nitrogens is 1. The Morgan fingerprint density at radius 3 is 2.55 bits per heavy atom. The van der Waals surface area contributed by atoms with Gasteiger partial charge in [-0.1, -0.05) is 6.07 Å². The minimum atomic E-state index is -0.644. The van der Waals surface area contributed by atoms with Gasteiger partial charge in [0.15, 0.2) is 5.01 Å². The van der Waals surface area contributed by atoms with Crippen LogP contribution in [0.15, 0.2) is 23.6 Å². The van der Waals surface area contributed by atoms with Gasteiger partial charge in [0.1, 0.15) is 6.04 Å². The molecule has 9 nitrogen and oxygen atoms in total. The van der Waals surface area contributed by atoms with Crippen LogP contribution in [0.3, 0.4) is 0 Å². The molecule has 2 aliphatic heterocycles. The zero-order chi connectivity index (χ0) is 26.0. The Labute approximate surface area is 224 Å². The Kier molecular flexibility index (Phi) is 5.58. The fourth-order valence-corrected chi connectivity index (χ4v) is 8.70. The van der Waals surface area contributed by atoms with E-state index in [1.807, 2.05) is 17.5 Å². The minimum absolute atomic E-state index is 0.0402. The van der Waals surface area contributed by atoms with Crippen molar-refractivity contribution >= 4 is 40.7 Å². The number of anilines is 1. The molecular weight excluding hydrogens is 502 g/mol. The molecule has 6 aliphatic rings. The zero-order valence-electron chi connectivity index (χ0n) is 21.1. The number of hydrogen-bond acceptors (Lipinski definition) is 7. The van der Waals surface area contributed by atoms with Crippen LogP contribution in [0.25, 0.3) is 0 Å². The third-order valence-corrected chi connectivity index (χ3v) is 10.1. The Morgan fingerprint density at radius 1 is 1.11 bits per heavy atom. The Hall–Kier alpha value is -3.27. The number of nitrogens with zero attached hydrogens (tertiary/aromatic N) is 2. The van der Waals surface area contributed by atoms with Gasteiger partial charge in [-0.2, -0.15) is 0 Å². The summed E-state index contributed by atoms with van der Waals surface area (Å²) in [6.07, 6.45) is 7.89. The molecule has 198 valence electrons. The summed E-state index contributed by atoms with van der Waals surface area (Å²) in [5.74, 6) is 1.32. The van der Waals surface area contributed by atoms with E-state index in [1.165, 1.54) is 30.6 Å².